The van der Waals surface area contributed by atoms with Crippen molar-refractivity contribution in [1.82, 2.24) is 9.55 Å². The standard InChI is InChI=1S/C17H16N2O2S/c20-15-6-8-16(9-7-15)22(21)13-17-18-10-11-19(17)12-14-4-2-1-3-5-14/h1-11,20H,12-13H2/t22-/m1/s1. The van der Waals surface area contributed by atoms with Crippen molar-refractivity contribution in [3.8, 4) is 5.75 Å². The fourth-order valence-electron chi connectivity index (χ4n) is 2.20. The van der Waals surface area contributed by atoms with Gasteiger partial charge < -0.3 is 9.67 Å². The highest BCUT2D eigenvalue weighted by Crippen LogP contribution is 2.16. The molecule has 0 saturated carbocycles. The summed E-state index contributed by atoms with van der Waals surface area (Å²) in [6, 6.07) is 16.5. The van der Waals surface area contributed by atoms with Gasteiger partial charge in [-0.15, -0.1) is 0 Å². The van der Waals surface area contributed by atoms with E-state index >= 15 is 0 Å². The number of phenols is 1. The zero-order valence-electron chi connectivity index (χ0n) is 11.9. The fourth-order valence-corrected chi connectivity index (χ4v) is 3.28. The predicted octanol–water partition coefficient (Wildman–Crippen LogP) is 2.94. The van der Waals surface area contributed by atoms with E-state index in [2.05, 4.69) is 17.1 Å². The molecule has 22 heavy (non-hydrogen) atoms. The SMILES string of the molecule is O=[S@](Cc1nccn1Cc1ccccc1)c1ccc(O)cc1. The Kier molecular flexibility index (Phi) is 4.34. The highest BCUT2D eigenvalue weighted by atomic mass is 32.2. The molecule has 0 aliphatic rings. The number of phenolic OH excluding ortho intramolecular Hbond substituents is 1. The Hall–Kier alpha value is -2.40. The minimum absolute atomic E-state index is 0.173. The van der Waals surface area contributed by atoms with Gasteiger partial charge in [-0.25, -0.2) is 4.98 Å². The number of hydrogen-bond acceptors (Lipinski definition) is 3. The molecule has 0 radical (unpaired) electrons. The summed E-state index contributed by atoms with van der Waals surface area (Å²) >= 11 is 0. The van der Waals surface area contributed by atoms with Crippen LogP contribution < -0.4 is 0 Å². The van der Waals surface area contributed by atoms with Gasteiger partial charge in [0.05, 0.1) is 16.6 Å². The van der Waals surface area contributed by atoms with E-state index in [1.54, 1.807) is 30.5 Å². The van der Waals surface area contributed by atoms with Crippen LogP contribution in [0, 0.1) is 0 Å². The van der Waals surface area contributed by atoms with Gasteiger partial charge in [0.25, 0.3) is 0 Å². The molecule has 1 N–H and O–H groups in total. The molecule has 0 spiro atoms. The first-order valence-corrected chi connectivity index (χ1v) is 8.25. The van der Waals surface area contributed by atoms with Crippen molar-refractivity contribution in [1.29, 1.82) is 0 Å². The van der Waals surface area contributed by atoms with Gasteiger partial charge in [0.2, 0.25) is 0 Å². The smallest absolute Gasteiger partial charge is 0.121 e. The van der Waals surface area contributed by atoms with Gasteiger partial charge in [0, 0.05) is 23.8 Å². The zero-order chi connectivity index (χ0) is 15.4. The van der Waals surface area contributed by atoms with Crippen LogP contribution in [0.3, 0.4) is 0 Å². The molecular formula is C17H16N2O2S. The van der Waals surface area contributed by atoms with Crippen molar-refractivity contribution in [3.63, 3.8) is 0 Å². The fraction of sp³-hybridized carbons (Fsp3) is 0.118. The molecule has 0 unspecified atom stereocenters. The Morgan fingerprint density at radius 2 is 1.77 bits per heavy atom. The topological polar surface area (TPSA) is 55.1 Å². The van der Waals surface area contributed by atoms with Crippen molar-refractivity contribution in [3.05, 3.63) is 78.4 Å². The average Bonchev–Trinajstić information content (AvgIpc) is 2.96. The monoisotopic (exact) mass is 312 g/mol. The van der Waals surface area contributed by atoms with E-state index in [4.69, 9.17) is 0 Å². The minimum atomic E-state index is -1.18. The van der Waals surface area contributed by atoms with E-state index in [9.17, 15) is 9.32 Å². The normalized spacial score (nSPS) is 12.2. The maximum Gasteiger partial charge on any atom is 0.121 e. The van der Waals surface area contributed by atoms with Gasteiger partial charge in [-0.05, 0) is 29.8 Å². The number of nitrogens with zero attached hydrogens (tertiary/aromatic N) is 2. The zero-order valence-corrected chi connectivity index (χ0v) is 12.7. The molecule has 1 aromatic heterocycles. The van der Waals surface area contributed by atoms with Crippen LogP contribution in [0.1, 0.15) is 11.4 Å². The summed E-state index contributed by atoms with van der Waals surface area (Å²) in [7, 11) is -1.18. The van der Waals surface area contributed by atoms with Crippen molar-refractivity contribution < 1.29 is 9.32 Å². The third-order valence-corrected chi connectivity index (χ3v) is 4.68. The van der Waals surface area contributed by atoms with Crippen molar-refractivity contribution in [2.45, 2.75) is 17.2 Å². The first kappa shape index (κ1) is 14.5. The Bertz CT molecular complexity index is 767. The van der Waals surface area contributed by atoms with Crippen LogP contribution in [0.4, 0.5) is 0 Å². The van der Waals surface area contributed by atoms with E-state index in [0.717, 1.165) is 5.82 Å². The summed E-state index contributed by atoms with van der Waals surface area (Å²) in [6.45, 7) is 0.711. The number of benzene rings is 2. The minimum Gasteiger partial charge on any atom is -0.508 e. The van der Waals surface area contributed by atoms with Gasteiger partial charge in [-0.2, -0.15) is 0 Å². The maximum absolute atomic E-state index is 12.4. The second-order valence-electron chi connectivity index (χ2n) is 4.94. The molecule has 1 heterocycles. The summed E-state index contributed by atoms with van der Waals surface area (Å²) in [5, 5.41) is 9.29. The number of aromatic nitrogens is 2. The molecule has 3 rings (SSSR count). The lowest BCUT2D eigenvalue weighted by molar-refractivity contribution is 0.475. The second-order valence-corrected chi connectivity index (χ2v) is 6.39. The number of imidazole rings is 1. The van der Waals surface area contributed by atoms with Gasteiger partial charge >= 0.3 is 0 Å². The summed E-state index contributed by atoms with van der Waals surface area (Å²) in [5.74, 6) is 1.31. The Morgan fingerprint density at radius 3 is 2.50 bits per heavy atom. The van der Waals surface area contributed by atoms with Gasteiger partial charge in [-0.3, -0.25) is 4.21 Å². The van der Waals surface area contributed by atoms with Crippen molar-refractivity contribution in [2.24, 2.45) is 0 Å². The van der Waals surface area contributed by atoms with Gasteiger partial charge in [-0.1, -0.05) is 30.3 Å². The molecule has 4 nitrogen and oxygen atoms in total. The van der Waals surface area contributed by atoms with E-state index in [1.165, 1.54) is 5.56 Å². The first-order valence-electron chi connectivity index (χ1n) is 6.94. The van der Waals surface area contributed by atoms with Crippen LogP contribution in [0.2, 0.25) is 0 Å². The van der Waals surface area contributed by atoms with E-state index in [1.807, 2.05) is 29.0 Å². The van der Waals surface area contributed by atoms with Crippen LogP contribution in [0.25, 0.3) is 0 Å². The third kappa shape index (κ3) is 3.43. The molecule has 1 atom stereocenters. The van der Waals surface area contributed by atoms with Crippen molar-refractivity contribution in [2.75, 3.05) is 0 Å². The predicted molar refractivity (Wildman–Crippen MR) is 86.0 cm³/mol. The van der Waals surface area contributed by atoms with Crippen LogP contribution in [0.15, 0.2) is 71.9 Å². The summed E-state index contributed by atoms with van der Waals surface area (Å²) in [5.41, 5.74) is 1.18. The van der Waals surface area contributed by atoms with Gasteiger partial charge in [0.15, 0.2) is 0 Å². The molecular weight excluding hydrogens is 296 g/mol. The Balaban J connectivity index is 1.75. The van der Waals surface area contributed by atoms with E-state index in [0.29, 0.717) is 17.2 Å². The lowest BCUT2D eigenvalue weighted by Gasteiger charge is -2.08. The van der Waals surface area contributed by atoms with Crippen LogP contribution >= 0.6 is 0 Å². The molecule has 0 fully saturated rings. The quantitative estimate of drug-likeness (QED) is 0.788. The molecule has 0 saturated heterocycles. The number of rotatable bonds is 5. The lowest BCUT2D eigenvalue weighted by Crippen LogP contribution is -2.07. The molecule has 3 aromatic rings. The van der Waals surface area contributed by atoms with Gasteiger partial charge in [0.1, 0.15) is 11.6 Å². The Labute approximate surface area is 131 Å². The highest BCUT2D eigenvalue weighted by molar-refractivity contribution is 7.84. The molecule has 0 amide bonds. The van der Waals surface area contributed by atoms with E-state index in [-0.39, 0.29) is 5.75 Å². The van der Waals surface area contributed by atoms with Crippen LogP contribution in [-0.4, -0.2) is 18.9 Å². The highest BCUT2D eigenvalue weighted by Gasteiger charge is 2.10. The third-order valence-electron chi connectivity index (χ3n) is 3.36. The molecule has 2 aromatic carbocycles. The second kappa shape index (κ2) is 6.58. The maximum atomic E-state index is 12.4. The molecule has 0 aliphatic carbocycles. The Morgan fingerprint density at radius 1 is 1.05 bits per heavy atom. The molecule has 112 valence electrons. The molecule has 0 aliphatic heterocycles. The summed E-state index contributed by atoms with van der Waals surface area (Å²) in [6.07, 6.45) is 3.63. The first-order chi connectivity index (χ1) is 10.7. The van der Waals surface area contributed by atoms with Crippen LogP contribution in [0.5, 0.6) is 5.75 Å². The molecule has 5 heteroatoms. The number of aromatic hydroxyl groups is 1. The molecule has 0 bridgehead atoms. The largest absolute Gasteiger partial charge is 0.508 e. The summed E-state index contributed by atoms with van der Waals surface area (Å²) < 4.78 is 14.4. The number of hydrogen-bond donors (Lipinski definition) is 1. The average molecular weight is 312 g/mol. The lowest BCUT2D eigenvalue weighted by atomic mass is 10.2. The summed E-state index contributed by atoms with van der Waals surface area (Å²) in [4.78, 5) is 5.00. The van der Waals surface area contributed by atoms with Crippen molar-refractivity contribution >= 4 is 10.8 Å². The van der Waals surface area contributed by atoms with Crippen LogP contribution in [-0.2, 0) is 23.1 Å². The van der Waals surface area contributed by atoms with E-state index < -0.39 is 10.8 Å².